The Labute approximate surface area is 173 Å². The van der Waals surface area contributed by atoms with E-state index in [9.17, 15) is 4.79 Å². The first-order valence-electron chi connectivity index (χ1n) is 10.8. The molecule has 0 radical (unpaired) electrons. The number of aromatic nitrogens is 4. The smallest absolute Gasteiger partial charge is 0.225 e. The summed E-state index contributed by atoms with van der Waals surface area (Å²) in [7, 11) is 2.13. The summed E-state index contributed by atoms with van der Waals surface area (Å²) >= 11 is 0. The summed E-state index contributed by atoms with van der Waals surface area (Å²) < 4.78 is 1.97. The molecular weight excluding hydrogens is 364 g/mol. The molecule has 0 spiro atoms. The maximum atomic E-state index is 13.1. The van der Waals surface area contributed by atoms with Gasteiger partial charge in [-0.1, -0.05) is 0 Å². The quantitative estimate of drug-likeness (QED) is 0.795. The topological polar surface area (TPSA) is 67.2 Å². The van der Waals surface area contributed by atoms with Crippen LogP contribution in [0.15, 0.2) is 6.20 Å². The summed E-state index contributed by atoms with van der Waals surface area (Å²) in [4.78, 5) is 27.0. The van der Waals surface area contributed by atoms with Gasteiger partial charge in [-0.2, -0.15) is 5.10 Å². The van der Waals surface area contributed by atoms with E-state index >= 15 is 0 Å². The van der Waals surface area contributed by atoms with Gasteiger partial charge in [0.05, 0.1) is 11.7 Å². The summed E-state index contributed by atoms with van der Waals surface area (Å²) in [5, 5.41) is 4.58. The number of nitrogens with zero attached hydrogens (tertiary/aromatic N) is 6. The molecule has 2 aromatic rings. The van der Waals surface area contributed by atoms with Gasteiger partial charge in [0.2, 0.25) is 5.91 Å². The van der Waals surface area contributed by atoms with Crippen molar-refractivity contribution in [3.8, 4) is 0 Å². The Balaban J connectivity index is 1.48. The van der Waals surface area contributed by atoms with E-state index in [2.05, 4.69) is 35.9 Å². The van der Waals surface area contributed by atoms with Crippen LogP contribution in [0.1, 0.15) is 65.8 Å². The zero-order chi connectivity index (χ0) is 20.5. The van der Waals surface area contributed by atoms with Gasteiger partial charge in [0.15, 0.2) is 5.82 Å². The van der Waals surface area contributed by atoms with Crippen LogP contribution in [0.2, 0.25) is 0 Å². The van der Waals surface area contributed by atoms with Crippen LogP contribution < -0.4 is 0 Å². The van der Waals surface area contributed by atoms with Crippen LogP contribution >= 0.6 is 0 Å². The Hall–Kier alpha value is -2.28. The number of likely N-dealkylation sites (tertiary alicyclic amines) is 1. The number of hydrogen-bond acceptors (Lipinski definition) is 5. The maximum Gasteiger partial charge on any atom is 0.225 e. The molecule has 1 amide bonds. The molecule has 2 aliphatic rings. The molecule has 2 aliphatic heterocycles. The largest absolute Gasteiger partial charge is 0.332 e. The van der Waals surface area contributed by atoms with Crippen molar-refractivity contribution in [2.75, 3.05) is 20.1 Å². The Morgan fingerprint density at radius 2 is 2.03 bits per heavy atom. The summed E-state index contributed by atoms with van der Waals surface area (Å²) in [6.45, 7) is 9.53. The number of piperidine rings is 1. The van der Waals surface area contributed by atoms with Gasteiger partial charge in [-0.15, -0.1) is 0 Å². The number of rotatable bonds is 4. The minimum absolute atomic E-state index is 0.00315. The molecule has 0 aliphatic carbocycles. The highest BCUT2D eigenvalue weighted by atomic mass is 16.2. The fourth-order valence-electron chi connectivity index (χ4n) is 4.48. The molecule has 2 aromatic heterocycles. The molecule has 1 unspecified atom stereocenters. The standard InChI is InChI=1S/C22H32N6O/c1-15-16(2)25-28(17(15)3)12-9-21(29)27-10-6-5-7-20(27)22-23-13-18-14-26(4)11-8-19(18)24-22/h13,20H,5-12,14H2,1-4H3. The Morgan fingerprint density at radius 3 is 2.79 bits per heavy atom. The van der Waals surface area contributed by atoms with E-state index in [0.717, 1.165) is 68.2 Å². The first-order chi connectivity index (χ1) is 13.9. The lowest BCUT2D eigenvalue weighted by Crippen LogP contribution is -2.40. The van der Waals surface area contributed by atoms with Crippen molar-refractivity contribution in [1.29, 1.82) is 0 Å². The molecule has 1 fully saturated rings. The van der Waals surface area contributed by atoms with Crippen LogP contribution in [0.4, 0.5) is 0 Å². The third kappa shape index (κ3) is 4.06. The van der Waals surface area contributed by atoms with Crippen LogP contribution in [0.3, 0.4) is 0 Å². The number of carbonyl (C=O) groups is 1. The van der Waals surface area contributed by atoms with Gasteiger partial charge in [-0.3, -0.25) is 9.48 Å². The fraction of sp³-hybridized carbons (Fsp3) is 0.636. The minimum Gasteiger partial charge on any atom is -0.332 e. The number of aryl methyl sites for hydroxylation is 2. The second kappa shape index (κ2) is 8.22. The number of carbonyl (C=O) groups excluding carboxylic acids is 1. The summed E-state index contributed by atoms with van der Waals surface area (Å²) in [6.07, 6.45) is 6.52. The molecule has 7 nitrogen and oxygen atoms in total. The van der Waals surface area contributed by atoms with E-state index in [4.69, 9.17) is 4.98 Å². The summed E-state index contributed by atoms with van der Waals surface area (Å²) in [5.41, 5.74) is 5.77. The van der Waals surface area contributed by atoms with Crippen LogP contribution in [0.5, 0.6) is 0 Å². The van der Waals surface area contributed by atoms with Gasteiger partial charge in [0, 0.05) is 62.2 Å². The third-order valence-electron chi connectivity index (χ3n) is 6.55. The highest BCUT2D eigenvalue weighted by molar-refractivity contribution is 5.76. The van der Waals surface area contributed by atoms with Gasteiger partial charge < -0.3 is 9.80 Å². The first-order valence-corrected chi connectivity index (χ1v) is 10.8. The average molecular weight is 397 g/mol. The van der Waals surface area contributed by atoms with Gasteiger partial charge in [-0.25, -0.2) is 9.97 Å². The van der Waals surface area contributed by atoms with Crippen molar-refractivity contribution in [3.05, 3.63) is 40.2 Å². The molecule has 29 heavy (non-hydrogen) atoms. The summed E-state index contributed by atoms with van der Waals surface area (Å²) in [6, 6.07) is 0.00315. The van der Waals surface area contributed by atoms with Crippen LogP contribution in [-0.2, 0) is 24.3 Å². The van der Waals surface area contributed by atoms with Gasteiger partial charge in [-0.05, 0) is 52.6 Å². The van der Waals surface area contributed by atoms with E-state index in [1.54, 1.807) is 0 Å². The predicted molar refractivity (Wildman–Crippen MR) is 111 cm³/mol. The highest BCUT2D eigenvalue weighted by Gasteiger charge is 2.30. The van der Waals surface area contributed by atoms with Crippen LogP contribution in [-0.4, -0.2) is 55.6 Å². The van der Waals surface area contributed by atoms with Gasteiger partial charge in [0.1, 0.15) is 0 Å². The number of amides is 1. The molecule has 0 N–H and O–H groups in total. The molecule has 4 rings (SSSR count). The second-order valence-electron chi connectivity index (χ2n) is 8.56. The van der Waals surface area contributed by atoms with Crippen molar-refractivity contribution in [3.63, 3.8) is 0 Å². The van der Waals surface area contributed by atoms with Crippen molar-refractivity contribution in [2.24, 2.45) is 0 Å². The van der Waals surface area contributed by atoms with Crippen molar-refractivity contribution >= 4 is 5.91 Å². The molecule has 1 atom stereocenters. The Kier molecular flexibility index (Phi) is 5.67. The lowest BCUT2D eigenvalue weighted by atomic mass is 10.00. The predicted octanol–water partition coefficient (Wildman–Crippen LogP) is 2.73. The first kappa shape index (κ1) is 20.0. The van der Waals surface area contributed by atoms with E-state index in [1.807, 2.05) is 22.7 Å². The molecule has 0 bridgehead atoms. The fourth-order valence-corrected chi connectivity index (χ4v) is 4.48. The second-order valence-corrected chi connectivity index (χ2v) is 8.56. The lowest BCUT2D eigenvalue weighted by Gasteiger charge is -2.35. The SMILES string of the molecule is Cc1nn(CCC(=O)N2CCCCC2c2ncc3c(n2)CCN(C)C3)c(C)c1C. The Bertz CT molecular complexity index is 905. The summed E-state index contributed by atoms with van der Waals surface area (Å²) in [5.74, 6) is 1.00. The van der Waals surface area contributed by atoms with Gasteiger partial charge >= 0.3 is 0 Å². The molecule has 4 heterocycles. The minimum atomic E-state index is 0.00315. The van der Waals surface area contributed by atoms with E-state index < -0.39 is 0 Å². The highest BCUT2D eigenvalue weighted by Crippen LogP contribution is 2.30. The van der Waals surface area contributed by atoms with Crippen molar-refractivity contribution in [1.82, 2.24) is 29.5 Å². The average Bonchev–Trinajstić information content (AvgIpc) is 2.98. The zero-order valence-corrected chi connectivity index (χ0v) is 18.1. The normalized spacial score (nSPS) is 20.0. The molecule has 0 aromatic carbocycles. The number of fused-ring (bicyclic) bond motifs is 1. The molecule has 7 heteroatoms. The lowest BCUT2D eigenvalue weighted by molar-refractivity contribution is -0.135. The molecule has 0 saturated carbocycles. The van der Waals surface area contributed by atoms with Crippen LogP contribution in [0, 0.1) is 20.8 Å². The number of likely N-dealkylation sites (N-methyl/N-ethyl adjacent to an activating group) is 1. The molecule has 156 valence electrons. The maximum absolute atomic E-state index is 13.1. The monoisotopic (exact) mass is 396 g/mol. The third-order valence-corrected chi connectivity index (χ3v) is 6.55. The Morgan fingerprint density at radius 1 is 1.21 bits per heavy atom. The zero-order valence-electron chi connectivity index (χ0n) is 18.1. The van der Waals surface area contributed by atoms with Crippen molar-refractivity contribution in [2.45, 2.75) is 72.0 Å². The van der Waals surface area contributed by atoms with Crippen molar-refractivity contribution < 1.29 is 4.79 Å². The molecule has 1 saturated heterocycles. The van der Waals surface area contributed by atoms with Crippen LogP contribution in [0.25, 0.3) is 0 Å². The molecular formula is C22H32N6O. The van der Waals surface area contributed by atoms with E-state index in [-0.39, 0.29) is 11.9 Å². The number of hydrogen-bond donors (Lipinski definition) is 0. The van der Waals surface area contributed by atoms with E-state index in [1.165, 1.54) is 11.1 Å². The van der Waals surface area contributed by atoms with E-state index in [0.29, 0.717) is 13.0 Å². The van der Waals surface area contributed by atoms with Gasteiger partial charge in [0.25, 0.3) is 0 Å².